The highest BCUT2D eigenvalue weighted by atomic mass is 16.6. The number of nitro benzene ring substituents is 1. The molecule has 1 aromatic rings. The molecule has 7 nitrogen and oxygen atoms in total. The van der Waals surface area contributed by atoms with E-state index in [1.165, 1.54) is 18.2 Å². The molecule has 0 unspecified atom stereocenters. The van der Waals surface area contributed by atoms with E-state index in [0.717, 1.165) is 0 Å². The molecule has 0 spiro atoms. The molecule has 1 aromatic carbocycles. The second-order valence-corrected chi connectivity index (χ2v) is 5.51. The van der Waals surface area contributed by atoms with Crippen molar-refractivity contribution in [1.82, 2.24) is 5.32 Å². The summed E-state index contributed by atoms with van der Waals surface area (Å²) in [6, 6.07) is 4.30. The molecule has 118 valence electrons. The van der Waals surface area contributed by atoms with Crippen LogP contribution in [0.4, 0.5) is 16.2 Å². The molecule has 0 aliphatic rings. The number of carbonyl (C=O) groups excluding carboxylic acids is 1. The minimum absolute atomic E-state index is 0.0729. The van der Waals surface area contributed by atoms with Crippen molar-refractivity contribution in [2.45, 2.75) is 32.8 Å². The van der Waals surface area contributed by atoms with E-state index in [9.17, 15) is 14.9 Å². The largest absolute Gasteiger partial charge is 0.444 e. The van der Waals surface area contributed by atoms with Gasteiger partial charge in [-0.05, 0) is 32.9 Å². The molecule has 0 aliphatic carbocycles. The third-order valence-corrected chi connectivity index (χ3v) is 2.38. The fourth-order valence-corrected chi connectivity index (χ4v) is 1.50. The Morgan fingerprint density at radius 3 is 2.68 bits per heavy atom. The molecule has 0 saturated carbocycles. The fraction of sp³-hybridized carbons (Fsp3) is 0.400. The van der Waals surface area contributed by atoms with E-state index in [1.54, 1.807) is 20.8 Å². The standard InChI is InChI=1S/C15H19N3O4/c1-15(2,3)22-14(19)17-9-5-4-6-11-7-8-13(18(20)21)12(16)10-11/h7-8,10H,5,9,16H2,1-3H3,(H,17,19). The van der Waals surface area contributed by atoms with E-state index >= 15 is 0 Å². The third-order valence-electron chi connectivity index (χ3n) is 2.38. The van der Waals surface area contributed by atoms with E-state index in [2.05, 4.69) is 17.2 Å². The van der Waals surface area contributed by atoms with Crippen molar-refractivity contribution in [3.63, 3.8) is 0 Å². The minimum Gasteiger partial charge on any atom is -0.444 e. The van der Waals surface area contributed by atoms with E-state index in [-0.39, 0.29) is 11.4 Å². The van der Waals surface area contributed by atoms with Crippen molar-refractivity contribution >= 4 is 17.5 Å². The number of anilines is 1. The number of hydrogen-bond acceptors (Lipinski definition) is 5. The summed E-state index contributed by atoms with van der Waals surface area (Å²) in [5.41, 5.74) is 5.55. The van der Waals surface area contributed by atoms with Crippen LogP contribution in [0.5, 0.6) is 0 Å². The van der Waals surface area contributed by atoms with Gasteiger partial charge in [-0.25, -0.2) is 4.79 Å². The average Bonchev–Trinajstić information content (AvgIpc) is 2.35. The first-order chi connectivity index (χ1) is 10.2. The molecule has 0 heterocycles. The van der Waals surface area contributed by atoms with Gasteiger partial charge in [0.1, 0.15) is 11.3 Å². The molecule has 0 saturated heterocycles. The number of nitrogens with two attached hydrogens (primary N) is 1. The van der Waals surface area contributed by atoms with Crippen molar-refractivity contribution in [3.05, 3.63) is 33.9 Å². The van der Waals surface area contributed by atoms with E-state index < -0.39 is 16.6 Å². The number of rotatable bonds is 3. The number of carbonyl (C=O) groups is 1. The number of nitrogen functional groups attached to an aromatic ring is 1. The van der Waals surface area contributed by atoms with Crippen LogP contribution in [0.2, 0.25) is 0 Å². The molecule has 0 atom stereocenters. The molecule has 0 radical (unpaired) electrons. The lowest BCUT2D eigenvalue weighted by Gasteiger charge is -2.19. The van der Waals surface area contributed by atoms with Crippen LogP contribution in [0.25, 0.3) is 0 Å². The van der Waals surface area contributed by atoms with Gasteiger partial charge < -0.3 is 15.8 Å². The first kappa shape index (κ1) is 17.3. The van der Waals surface area contributed by atoms with E-state index in [0.29, 0.717) is 18.5 Å². The molecule has 22 heavy (non-hydrogen) atoms. The molecule has 1 amide bonds. The summed E-state index contributed by atoms with van der Waals surface area (Å²) >= 11 is 0. The van der Waals surface area contributed by atoms with Gasteiger partial charge in [0.15, 0.2) is 0 Å². The molecule has 0 fully saturated rings. The lowest BCUT2D eigenvalue weighted by atomic mass is 10.2. The molecule has 3 N–H and O–H groups in total. The smallest absolute Gasteiger partial charge is 0.407 e. The normalized spacial score (nSPS) is 10.3. The molecule has 0 aliphatic heterocycles. The number of benzene rings is 1. The first-order valence-corrected chi connectivity index (χ1v) is 6.68. The molecular formula is C15H19N3O4. The van der Waals surface area contributed by atoms with Gasteiger partial charge in [-0.1, -0.05) is 11.8 Å². The van der Waals surface area contributed by atoms with Crippen LogP contribution >= 0.6 is 0 Å². The topological polar surface area (TPSA) is 107 Å². The van der Waals surface area contributed by atoms with Gasteiger partial charge in [0.25, 0.3) is 5.69 Å². The first-order valence-electron chi connectivity index (χ1n) is 6.68. The number of nitrogens with zero attached hydrogens (tertiary/aromatic N) is 1. The summed E-state index contributed by atoms with van der Waals surface area (Å²) in [6.45, 7) is 5.70. The van der Waals surface area contributed by atoms with Gasteiger partial charge in [0.2, 0.25) is 0 Å². The third kappa shape index (κ3) is 6.13. The zero-order chi connectivity index (χ0) is 16.8. The highest BCUT2D eigenvalue weighted by Crippen LogP contribution is 2.21. The van der Waals surface area contributed by atoms with Crippen LogP contribution in [0.3, 0.4) is 0 Å². The Morgan fingerprint density at radius 1 is 1.45 bits per heavy atom. The summed E-state index contributed by atoms with van der Waals surface area (Å²) in [6.07, 6.45) is -0.0651. The van der Waals surface area contributed by atoms with Crippen molar-refractivity contribution in [3.8, 4) is 11.8 Å². The van der Waals surface area contributed by atoms with Gasteiger partial charge in [0.05, 0.1) is 4.92 Å². The average molecular weight is 305 g/mol. The summed E-state index contributed by atoms with van der Waals surface area (Å²) in [5, 5.41) is 13.2. The predicted octanol–water partition coefficient (Wildman–Crippen LogP) is 2.44. The van der Waals surface area contributed by atoms with Crippen LogP contribution in [0.1, 0.15) is 32.8 Å². The maximum absolute atomic E-state index is 11.4. The summed E-state index contributed by atoms with van der Waals surface area (Å²) in [5.74, 6) is 5.68. The Balaban J connectivity index is 2.47. The van der Waals surface area contributed by atoms with Gasteiger partial charge in [-0.15, -0.1) is 0 Å². The maximum atomic E-state index is 11.4. The van der Waals surface area contributed by atoms with Crippen molar-refractivity contribution in [2.24, 2.45) is 0 Å². The highest BCUT2D eigenvalue weighted by molar-refractivity contribution is 5.67. The van der Waals surface area contributed by atoms with Gasteiger partial charge in [-0.2, -0.15) is 0 Å². The molecular weight excluding hydrogens is 286 g/mol. The number of alkyl carbamates (subject to hydrolysis) is 1. The Hall–Kier alpha value is -2.75. The molecule has 0 aromatic heterocycles. The van der Waals surface area contributed by atoms with Gasteiger partial charge >= 0.3 is 6.09 Å². The van der Waals surface area contributed by atoms with E-state index in [1.807, 2.05) is 0 Å². The van der Waals surface area contributed by atoms with Crippen LogP contribution < -0.4 is 11.1 Å². The number of nitrogens with one attached hydrogen (secondary N) is 1. The Labute approximate surface area is 129 Å². The van der Waals surface area contributed by atoms with Crippen LogP contribution in [0.15, 0.2) is 18.2 Å². The second kappa shape index (κ2) is 7.31. The van der Waals surface area contributed by atoms with Crippen LogP contribution in [-0.4, -0.2) is 23.2 Å². The number of hydrogen-bond donors (Lipinski definition) is 2. The Morgan fingerprint density at radius 2 is 2.14 bits per heavy atom. The van der Waals surface area contributed by atoms with Crippen LogP contribution in [-0.2, 0) is 4.74 Å². The summed E-state index contributed by atoms with van der Waals surface area (Å²) in [4.78, 5) is 21.5. The fourth-order valence-electron chi connectivity index (χ4n) is 1.50. The minimum atomic E-state index is -0.544. The lowest BCUT2D eigenvalue weighted by molar-refractivity contribution is -0.383. The van der Waals surface area contributed by atoms with Crippen LogP contribution in [0, 0.1) is 22.0 Å². The Bertz CT molecular complexity index is 624. The predicted molar refractivity (Wildman–Crippen MR) is 83.2 cm³/mol. The van der Waals surface area contributed by atoms with Crippen molar-refractivity contribution in [1.29, 1.82) is 0 Å². The molecule has 1 rings (SSSR count). The second-order valence-electron chi connectivity index (χ2n) is 5.51. The van der Waals surface area contributed by atoms with Gasteiger partial charge in [0, 0.05) is 24.6 Å². The van der Waals surface area contributed by atoms with Crippen molar-refractivity contribution in [2.75, 3.05) is 12.3 Å². The number of amides is 1. The summed E-state index contributed by atoms with van der Waals surface area (Å²) in [7, 11) is 0. The maximum Gasteiger partial charge on any atom is 0.407 e. The van der Waals surface area contributed by atoms with E-state index in [4.69, 9.17) is 10.5 Å². The monoisotopic (exact) mass is 305 g/mol. The molecule has 0 bridgehead atoms. The van der Waals surface area contributed by atoms with Crippen molar-refractivity contribution < 1.29 is 14.5 Å². The Kier molecular flexibility index (Phi) is 5.75. The SMILES string of the molecule is CC(C)(C)OC(=O)NCCC#Cc1ccc([N+](=O)[O-])c(N)c1. The lowest BCUT2D eigenvalue weighted by Crippen LogP contribution is -2.32. The summed E-state index contributed by atoms with van der Waals surface area (Å²) < 4.78 is 5.08. The zero-order valence-electron chi connectivity index (χ0n) is 12.8. The number of nitro groups is 1. The van der Waals surface area contributed by atoms with Gasteiger partial charge in [-0.3, -0.25) is 10.1 Å². The molecule has 7 heteroatoms. The highest BCUT2D eigenvalue weighted by Gasteiger charge is 2.15. The zero-order valence-corrected chi connectivity index (χ0v) is 12.8. The number of ether oxygens (including phenoxy) is 1. The quantitative estimate of drug-likeness (QED) is 0.293.